The highest BCUT2D eigenvalue weighted by atomic mass is 17.0. The van der Waals surface area contributed by atoms with Crippen molar-refractivity contribution in [1.29, 1.82) is 0 Å². The Labute approximate surface area is 108 Å². The Morgan fingerprint density at radius 1 is 0.889 bits per heavy atom. The van der Waals surface area contributed by atoms with E-state index in [1.54, 1.807) is 0 Å². The zero-order chi connectivity index (χ0) is 13.8. The first-order valence-corrected chi connectivity index (χ1v) is 6.50. The Hall–Kier alpha value is -1.46. The van der Waals surface area contributed by atoms with E-state index in [0.29, 0.717) is 12.8 Å². The normalized spacial score (nSPS) is 9.89. The van der Waals surface area contributed by atoms with Gasteiger partial charge in [-0.2, -0.15) is 9.68 Å². The van der Waals surface area contributed by atoms with E-state index in [1.165, 1.54) is 0 Å². The zero-order valence-electron chi connectivity index (χ0n) is 11.2. The van der Waals surface area contributed by atoms with Crippen molar-refractivity contribution < 1.29 is 24.3 Å². The Morgan fingerprint density at radius 3 is 1.61 bits per heavy atom. The molecule has 0 heterocycles. The summed E-state index contributed by atoms with van der Waals surface area (Å²) in [4.78, 5) is 31.1. The van der Waals surface area contributed by atoms with E-state index >= 15 is 0 Å². The van der Waals surface area contributed by atoms with Gasteiger partial charge in [0.1, 0.15) is 5.02 Å². The summed E-state index contributed by atoms with van der Waals surface area (Å²) in [5, 5.41) is -0.150. The lowest BCUT2D eigenvalue weighted by molar-refractivity contribution is -0.945. The number of nitrogens with zero attached hydrogens (tertiary/aromatic N) is 2. The molecule has 0 aromatic rings. The molecule has 0 saturated heterocycles. The SMILES string of the molecule is CCCCCC(=O)O[N+](=[N-])OC(=O)CCCCC. The highest BCUT2D eigenvalue weighted by Gasteiger charge is 2.15. The molecule has 6 nitrogen and oxygen atoms in total. The minimum absolute atomic E-state index is 0.150. The highest BCUT2D eigenvalue weighted by Crippen LogP contribution is 2.03. The van der Waals surface area contributed by atoms with Crippen LogP contribution in [0.25, 0.3) is 5.53 Å². The Kier molecular flexibility index (Phi) is 9.81. The van der Waals surface area contributed by atoms with Crippen molar-refractivity contribution in [2.75, 3.05) is 0 Å². The van der Waals surface area contributed by atoms with Crippen molar-refractivity contribution in [2.24, 2.45) is 0 Å². The van der Waals surface area contributed by atoms with Crippen molar-refractivity contribution >= 4 is 11.9 Å². The molecule has 18 heavy (non-hydrogen) atoms. The molecule has 0 aliphatic carbocycles. The third kappa shape index (κ3) is 9.74. The summed E-state index contributed by atoms with van der Waals surface area (Å²) >= 11 is 0. The van der Waals surface area contributed by atoms with Crippen LogP contribution in [0.4, 0.5) is 0 Å². The molecule has 0 fully saturated rings. The fraction of sp³-hybridized carbons (Fsp3) is 0.833. The van der Waals surface area contributed by atoms with Crippen molar-refractivity contribution in [3.05, 3.63) is 5.53 Å². The maximum atomic E-state index is 11.2. The minimum atomic E-state index is -0.618. The van der Waals surface area contributed by atoms with Crippen LogP contribution < -0.4 is 0 Å². The van der Waals surface area contributed by atoms with E-state index in [9.17, 15) is 9.59 Å². The summed E-state index contributed by atoms with van der Waals surface area (Å²) in [6.07, 6.45) is 5.57. The third-order valence-electron chi connectivity index (χ3n) is 2.33. The Morgan fingerprint density at radius 2 is 1.28 bits per heavy atom. The highest BCUT2D eigenvalue weighted by molar-refractivity contribution is 5.69. The standard InChI is InChI=1S/C12H22N2O4/c1-3-5-7-9-11(15)17-14(13)18-12(16)10-8-6-4-2/h3-10H2,1-2H3. The largest absolute Gasteiger partial charge is 0.390 e. The lowest BCUT2D eigenvalue weighted by Crippen LogP contribution is -2.19. The van der Waals surface area contributed by atoms with Crippen molar-refractivity contribution in [2.45, 2.75) is 65.2 Å². The number of carbonyl (C=O) groups is 2. The number of hydrogen-bond acceptors (Lipinski definition) is 4. The minimum Gasteiger partial charge on any atom is -0.390 e. The molecule has 0 unspecified atom stereocenters. The molecule has 0 amide bonds. The van der Waals surface area contributed by atoms with Crippen LogP contribution in [0.1, 0.15) is 65.2 Å². The lowest BCUT2D eigenvalue weighted by atomic mass is 10.2. The Bertz CT molecular complexity index is 253. The molecule has 0 aliphatic rings. The van der Waals surface area contributed by atoms with Gasteiger partial charge in [-0.25, -0.2) is 9.59 Å². The van der Waals surface area contributed by atoms with Crippen LogP contribution in [0.2, 0.25) is 0 Å². The van der Waals surface area contributed by atoms with Crippen LogP contribution in [0, 0.1) is 0 Å². The van der Waals surface area contributed by atoms with Crippen molar-refractivity contribution in [3.8, 4) is 0 Å². The van der Waals surface area contributed by atoms with Gasteiger partial charge in [0.2, 0.25) is 0 Å². The van der Waals surface area contributed by atoms with Crippen LogP contribution in [-0.4, -0.2) is 17.0 Å². The van der Waals surface area contributed by atoms with Crippen molar-refractivity contribution in [1.82, 2.24) is 0 Å². The molecule has 0 aromatic heterocycles. The van der Waals surface area contributed by atoms with Gasteiger partial charge in [0.05, 0.1) is 12.8 Å². The van der Waals surface area contributed by atoms with Gasteiger partial charge in [-0.3, -0.25) is 0 Å². The summed E-state index contributed by atoms with van der Waals surface area (Å²) in [7, 11) is 0. The zero-order valence-corrected chi connectivity index (χ0v) is 11.2. The first-order chi connectivity index (χ1) is 8.60. The molecular formula is C12H22N2O4. The van der Waals surface area contributed by atoms with E-state index in [1.807, 2.05) is 13.8 Å². The summed E-state index contributed by atoms with van der Waals surface area (Å²) in [6.45, 7) is 4.03. The molecule has 0 bridgehead atoms. The fourth-order valence-corrected chi connectivity index (χ4v) is 1.32. The van der Waals surface area contributed by atoms with Gasteiger partial charge >= 0.3 is 11.9 Å². The first kappa shape index (κ1) is 16.5. The predicted octanol–water partition coefficient (Wildman–Crippen LogP) is 3.10. The maximum absolute atomic E-state index is 11.2. The van der Waals surface area contributed by atoms with Gasteiger partial charge in [-0.05, 0) is 12.8 Å². The molecular weight excluding hydrogens is 236 g/mol. The van der Waals surface area contributed by atoms with Crippen LogP contribution >= 0.6 is 0 Å². The Balaban J connectivity index is 3.68. The smallest absolute Gasteiger partial charge is 0.385 e. The maximum Gasteiger partial charge on any atom is 0.385 e. The number of rotatable bonds is 10. The van der Waals surface area contributed by atoms with Crippen molar-refractivity contribution in [3.63, 3.8) is 0 Å². The van der Waals surface area contributed by atoms with Gasteiger partial charge < -0.3 is 5.53 Å². The molecule has 0 spiro atoms. The quantitative estimate of drug-likeness (QED) is 0.342. The average molecular weight is 258 g/mol. The number of hydrogen-bond donors (Lipinski definition) is 0. The van der Waals surface area contributed by atoms with E-state index in [-0.39, 0.29) is 17.9 Å². The summed E-state index contributed by atoms with van der Waals surface area (Å²) in [5.74, 6) is -1.24. The molecule has 0 aromatic carbocycles. The van der Waals surface area contributed by atoms with Gasteiger partial charge in [0, 0.05) is 0 Å². The molecule has 0 saturated carbocycles. The molecule has 0 aliphatic heterocycles. The monoisotopic (exact) mass is 258 g/mol. The second-order valence-electron chi connectivity index (χ2n) is 4.08. The molecule has 6 heteroatoms. The fourth-order valence-electron chi connectivity index (χ4n) is 1.32. The van der Waals surface area contributed by atoms with Crippen LogP contribution in [0.5, 0.6) is 0 Å². The lowest BCUT2D eigenvalue weighted by Gasteiger charge is -2.01. The van der Waals surface area contributed by atoms with Gasteiger partial charge in [-0.15, -0.1) is 0 Å². The van der Waals surface area contributed by atoms with Gasteiger partial charge in [0.25, 0.3) is 0 Å². The second-order valence-corrected chi connectivity index (χ2v) is 4.08. The molecule has 0 N–H and O–H groups in total. The van der Waals surface area contributed by atoms with Crippen LogP contribution in [0.3, 0.4) is 0 Å². The topological polar surface area (TPSA) is 77.9 Å². The molecule has 0 rings (SSSR count). The third-order valence-corrected chi connectivity index (χ3v) is 2.33. The first-order valence-electron chi connectivity index (χ1n) is 6.50. The second kappa shape index (κ2) is 10.7. The van der Waals surface area contributed by atoms with E-state index < -0.39 is 11.9 Å². The average Bonchev–Trinajstić information content (AvgIpc) is 2.29. The van der Waals surface area contributed by atoms with Gasteiger partial charge in [-0.1, -0.05) is 39.5 Å². The van der Waals surface area contributed by atoms with E-state index in [4.69, 9.17) is 5.53 Å². The number of carbonyl (C=O) groups excluding carboxylic acids is 2. The van der Waals surface area contributed by atoms with Gasteiger partial charge in [0.15, 0.2) is 0 Å². The summed E-state index contributed by atoms with van der Waals surface area (Å²) < 4.78 is 0. The van der Waals surface area contributed by atoms with Crippen LogP contribution in [-0.2, 0) is 19.3 Å². The molecule has 0 atom stereocenters. The number of unbranched alkanes of at least 4 members (excludes halogenated alkanes) is 4. The predicted molar refractivity (Wildman–Crippen MR) is 64.1 cm³/mol. The molecule has 0 radical (unpaired) electrons. The molecule has 104 valence electrons. The summed E-state index contributed by atoms with van der Waals surface area (Å²) in [6, 6.07) is 0. The van der Waals surface area contributed by atoms with E-state index in [2.05, 4.69) is 9.68 Å². The summed E-state index contributed by atoms with van der Waals surface area (Å²) in [5.41, 5.74) is 9.05. The van der Waals surface area contributed by atoms with E-state index in [0.717, 1.165) is 25.7 Å². The van der Waals surface area contributed by atoms with Crippen LogP contribution in [0.15, 0.2) is 0 Å².